The lowest BCUT2D eigenvalue weighted by Gasteiger charge is -2.14. The van der Waals surface area contributed by atoms with E-state index in [1.165, 1.54) is 0 Å². The molecule has 0 aliphatic heterocycles. The Labute approximate surface area is 117 Å². The van der Waals surface area contributed by atoms with E-state index in [-0.39, 0.29) is 18.4 Å². The highest BCUT2D eigenvalue weighted by Gasteiger charge is 2.17. The van der Waals surface area contributed by atoms with Crippen molar-refractivity contribution in [2.75, 3.05) is 19.4 Å². The van der Waals surface area contributed by atoms with E-state index < -0.39 is 5.97 Å². The van der Waals surface area contributed by atoms with Crippen LogP contribution in [0.1, 0.15) is 5.56 Å². The molecule has 0 bridgehead atoms. The van der Waals surface area contributed by atoms with E-state index in [0.717, 1.165) is 11.3 Å². The van der Waals surface area contributed by atoms with Crippen molar-refractivity contribution < 1.29 is 19.4 Å². The first-order valence-corrected chi connectivity index (χ1v) is 6.43. The van der Waals surface area contributed by atoms with E-state index >= 15 is 0 Å². The zero-order valence-corrected chi connectivity index (χ0v) is 11.5. The van der Waals surface area contributed by atoms with Crippen LogP contribution in [0.3, 0.4) is 0 Å². The summed E-state index contributed by atoms with van der Waals surface area (Å²) in [5, 5.41) is 10.9. The minimum Gasteiger partial charge on any atom is -0.497 e. The lowest BCUT2D eigenvalue weighted by molar-refractivity contribution is -0.138. The number of carboxylic acids is 1. The molecule has 0 heterocycles. The number of benzene rings is 1. The lowest BCUT2D eigenvalue weighted by Crippen LogP contribution is -2.36. The fourth-order valence-corrected chi connectivity index (χ4v) is 1.89. The molecule has 5 nitrogen and oxygen atoms in total. The molecule has 0 saturated heterocycles. The summed E-state index contributed by atoms with van der Waals surface area (Å²) in [5.74, 6) is -0.598. The minimum atomic E-state index is -1.06. The van der Waals surface area contributed by atoms with Crippen LogP contribution in [0, 0.1) is 5.92 Å². The van der Waals surface area contributed by atoms with Crippen LogP contribution in [-0.4, -0.2) is 36.4 Å². The van der Waals surface area contributed by atoms with Gasteiger partial charge >= 0.3 is 5.97 Å². The number of amides is 1. The molecule has 1 amide bonds. The summed E-state index contributed by atoms with van der Waals surface area (Å²) in [6, 6.07) is 7.39. The Bertz CT molecular complexity index is 433. The number of aliphatic carboxylic acids is 1. The molecule has 1 atom stereocenters. The predicted molar refractivity (Wildman–Crippen MR) is 74.7 cm³/mol. The first kappa shape index (κ1) is 15.4. The maximum absolute atomic E-state index is 11.8. The standard InChI is InChI=1S/C13H17NO4S/c1-18-11-4-2-9(3-5-11)6-10(8-19)13(17)14-7-12(15)16/h2-5,10,19H,6-8H2,1H3,(H,14,17)(H,15,16)/t10-/m1/s1. The Morgan fingerprint density at radius 2 is 2.00 bits per heavy atom. The first-order valence-electron chi connectivity index (χ1n) is 5.80. The predicted octanol–water partition coefficient (Wildman–Crippen LogP) is 0.984. The van der Waals surface area contributed by atoms with Crippen LogP contribution in [-0.2, 0) is 16.0 Å². The average Bonchev–Trinajstić information content (AvgIpc) is 2.42. The second kappa shape index (κ2) is 7.68. The largest absolute Gasteiger partial charge is 0.497 e. The molecule has 104 valence electrons. The molecule has 19 heavy (non-hydrogen) atoms. The summed E-state index contributed by atoms with van der Waals surface area (Å²) in [6.07, 6.45) is 0.513. The minimum absolute atomic E-state index is 0.298. The van der Waals surface area contributed by atoms with Gasteiger partial charge in [-0.25, -0.2) is 0 Å². The third-order valence-corrected chi connectivity index (χ3v) is 3.09. The molecule has 0 saturated carbocycles. The molecule has 1 rings (SSSR count). The summed E-state index contributed by atoms with van der Waals surface area (Å²) in [7, 11) is 1.59. The Morgan fingerprint density at radius 1 is 1.37 bits per heavy atom. The SMILES string of the molecule is COc1ccc(C[C@H](CS)C(=O)NCC(=O)O)cc1. The summed E-state index contributed by atoms with van der Waals surface area (Å²) < 4.78 is 5.05. The van der Waals surface area contributed by atoms with Crippen molar-refractivity contribution in [2.45, 2.75) is 6.42 Å². The van der Waals surface area contributed by atoms with Crippen LogP contribution in [0.4, 0.5) is 0 Å². The van der Waals surface area contributed by atoms with Gasteiger partial charge in [-0.3, -0.25) is 9.59 Å². The van der Waals surface area contributed by atoms with E-state index in [1.54, 1.807) is 7.11 Å². The van der Waals surface area contributed by atoms with Gasteiger partial charge in [-0.2, -0.15) is 12.6 Å². The van der Waals surface area contributed by atoms with E-state index in [9.17, 15) is 9.59 Å². The maximum atomic E-state index is 11.8. The summed E-state index contributed by atoms with van der Waals surface area (Å²) in [5.41, 5.74) is 0.977. The maximum Gasteiger partial charge on any atom is 0.322 e. The van der Waals surface area contributed by atoms with Gasteiger partial charge < -0.3 is 15.2 Å². The second-order valence-corrected chi connectivity index (χ2v) is 4.41. The number of carbonyl (C=O) groups is 2. The van der Waals surface area contributed by atoms with Gasteiger partial charge in [-0.05, 0) is 24.1 Å². The molecular formula is C13H17NO4S. The molecule has 0 unspecified atom stereocenters. The Morgan fingerprint density at radius 3 is 2.47 bits per heavy atom. The van der Waals surface area contributed by atoms with Gasteiger partial charge in [-0.1, -0.05) is 12.1 Å². The fourth-order valence-electron chi connectivity index (χ4n) is 1.59. The van der Waals surface area contributed by atoms with Gasteiger partial charge in [0.05, 0.1) is 13.0 Å². The number of thiol groups is 1. The number of hydrogen-bond donors (Lipinski definition) is 3. The summed E-state index contributed by atoms with van der Waals surface area (Å²) >= 11 is 4.14. The summed E-state index contributed by atoms with van der Waals surface area (Å²) in [6.45, 7) is -0.369. The number of rotatable bonds is 7. The lowest BCUT2D eigenvalue weighted by atomic mass is 10.00. The zero-order valence-electron chi connectivity index (χ0n) is 10.6. The number of carboxylic acid groups (broad SMARTS) is 1. The normalized spacial score (nSPS) is 11.7. The second-order valence-electron chi connectivity index (χ2n) is 4.04. The third-order valence-electron chi connectivity index (χ3n) is 2.65. The zero-order chi connectivity index (χ0) is 14.3. The van der Waals surface area contributed by atoms with E-state index in [1.807, 2.05) is 24.3 Å². The molecule has 0 aliphatic rings. The molecule has 0 aromatic heterocycles. The van der Waals surface area contributed by atoms with Crippen LogP contribution in [0.5, 0.6) is 5.75 Å². The van der Waals surface area contributed by atoms with Crippen molar-refractivity contribution in [2.24, 2.45) is 5.92 Å². The first-order chi connectivity index (χ1) is 9.06. The van der Waals surface area contributed by atoms with E-state index in [0.29, 0.717) is 12.2 Å². The number of nitrogens with one attached hydrogen (secondary N) is 1. The number of ether oxygens (including phenoxy) is 1. The monoisotopic (exact) mass is 283 g/mol. The van der Waals surface area contributed by atoms with Crippen LogP contribution in [0.25, 0.3) is 0 Å². The average molecular weight is 283 g/mol. The molecule has 0 radical (unpaired) electrons. The van der Waals surface area contributed by atoms with Gasteiger partial charge in [0.1, 0.15) is 12.3 Å². The number of methoxy groups -OCH3 is 1. The molecule has 6 heteroatoms. The molecule has 0 spiro atoms. The molecule has 1 aromatic rings. The molecule has 1 aromatic carbocycles. The van der Waals surface area contributed by atoms with Gasteiger partial charge in [0.25, 0.3) is 0 Å². The van der Waals surface area contributed by atoms with Gasteiger partial charge in [-0.15, -0.1) is 0 Å². The molecular weight excluding hydrogens is 266 g/mol. The van der Waals surface area contributed by atoms with Crippen molar-refractivity contribution in [3.05, 3.63) is 29.8 Å². The van der Waals surface area contributed by atoms with Gasteiger partial charge in [0.2, 0.25) is 5.91 Å². The van der Waals surface area contributed by atoms with Gasteiger partial charge in [0.15, 0.2) is 0 Å². The smallest absolute Gasteiger partial charge is 0.322 e. The highest BCUT2D eigenvalue weighted by atomic mass is 32.1. The van der Waals surface area contributed by atoms with Crippen molar-refractivity contribution in [3.63, 3.8) is 0 Å². The van der Waals surface area contributed by atoms with E-state index in [2.05, 4.69) is 17.9 Å². The topological polar surface area (TPSA) is 75.6 Å². The van der Waals surface area contributed by atoms with Crippen LogP contribution >= 0.6 is 12.6 Å². The third kappa shape index (κ3) is 5.21. The van der Waals surface area contributed by atoms with Crippen molar-refractivity contribution >= 4 is 24.5 Å². The Balaban J connectivity index is 2.59. The number of carbonyl (C=O) groups excluding carboxylic acids is 1. The number of hydrogen-bond acceptors (Lipinski definition) is 4. The molecule has 0 aliphatic carbocycles. The van der Waals surface area contributed by atoms with Crippen LogP contribution in [0.2, 0.25) is 0 Å². The van der Waals surface area contributed by atoms with Crippen molar-refractivity contribution in [3.8, 4) is 5.75 Å². The molecule has 0 fully saturated rings. The highest BCUT2D eigenvalue weighted by Crippen LogP contribution is 2.15. The fraction of sp³-hybridized carbons (Fsp3) is 0.385. The molecule has 2 N–H and O–H groups in total. The van der Waals surface area contributed by atoms with Gasteiger partial charge in [0, 0.05) is 5.75 Å². The van der Waals surface area contributed by atoms with Crippen molar-refractivity contribution in [1.82, 2.24) is 5.32 Å². The Kier molecular flexibility index (Phi) is 6.21. The Hall–Kier alpha value is -1.69. The van der Waals surface area contributed by atoms with Crippen molar-refractivity contribution in [1.29, 1.82) is 0 Å². The summed E-state index contributed by atoms with van der Waals surface area (Å²) in [4.78, 5) is 22.2. The van der Waals surface area contributed by atoms with E-state index in [4.69, 9.17) is 9.84 Å². The van der Waals surface area contributed by atoms with Crippen LogP contribution in [0.15, 0.2) is 24.3 Å². The van der Waals surface area contributed by atoms with Crippen LogP contribution < -0.4 is 10.1 Å². The highest BCUT2D eigenvalue weighted by molar-refractivity contribution is 7.80. The quantitative estimate of drug-likeness (QED) is 0.652.